The summed E-state index contributed by atoms with van der Waals surface area (Å²) in [7, 11) is 1.41. The van der Waals surface area contributed by atoms with Crippen LogP contribution in [0.25, 0.3) is 0 Å². The molecule has 0 radical (unpaired) electrons. The maximum absolute atomic E-state index is 12.5. The minimum absolute atomic E-state index is 0.0824. The molecule has 1 aliphatic heterocycles. The highest BCUT2D eigenvalue weighted by atomic mass is 16.6. The molecule has 1 N–H and O–H groups in total. The van der Waals surface area contributed by atoms with Gasteiger partial charge in [-0.25, -0.2) is 4.79 Å². The number of methoxy groups -OCH3 is 1. The van der Waals surface area contributed by atoms with Crippen molar-refractivity contribution in [3.63, 3.8) is 0 Å². The summed E-state index contributed by atoms with van der Waals surface area (Å²) in [6.07, 6.45) is 6.32. The van der Waals surface area contributed by atoms with Crippen molar-refractivity contribution in [2.45, 2.75) is 50.7 Å². The quantitative estimate of drug-likeness (QED) is 0.775. The maximum atomic E-state index is 12.5. The molecule has 27 heavy (non-hydrogen) atoms. The Labute approximate surface area is 161 Å². The van der Waals surface area contributed by atoms with Gasteiger partial charge in [-0.3, -0.25) is 4.79 Å². The van der Waals surface area contributed by atoms with Crippen LogP contribution in [0.1, 0.15) is 44.1 Å². The lowest BCUT2D eigenvalue weighted by Crippen LogP contribution is -2.55. The van der Waals surface area contributed by atoms with E-state index in [1.807, 2.05) is 35.2 Å². The van der Waals surface area contributed by atoms with Crippen molar-refractivity contribution in [2.24, 2.45) is 5.92 Å². The number of carbonyl (C=O) groups is 2. The van der Waals surface area contributed by atoms with Crippen molar-refractivity contribution in [1.82, 2.24) is 10.2 Å². The molecule has 148 valence electrons. The largest absolute Gasteiger partial charge is 0.468 e. The second-order valence-corrected chi connectivity index (χ2v) is 7.62. The van der Waals surface area contributed by atoms with E-state index in [0.29, 0.717) is 25.6 Å². The third-order valence-electron chi connectivity index (χ3n) is 5.99. The highest BCUT2D eigenvalue weighted by molar-refractivity contribution is 5.71. The molecule has 0 spiro atoms. The molecule has 0 unspecified atom stereocenters. The van der Waals surface area contributed by atoms with Crippen LogP contribution in [0.15, 0.2) is 30.3 Å². The van der Waals surface area contributed by atoms with E-state index in [1.165, 1.54) is 13.5 Å². The number of nitrogens with zero attached hydrogens (tertiary/aromatic N) is 1. The van der Waals surface area contributed by atoms with Gasteiger partial charge < -0.3 is 19.7 Å². The fraction of sp³-hybridized carbons (Fsp3) is 0.619. The number of hydrogen-bond donors (Lipinski definition) is 1. The van der Waals surface area contributed by atoms with E-state index >= 15 is 0 Å². The molecular weight excluding hydrogens is 344 g/mol. The van der Waals surface area contributed by atoms with E-state index in [2.05, 4.69) is 5.32 Å². The van der Waals surface area contributed by atoms with Crippen LogP contribution >= 0.6 is 0 Å². The monoisotopic (exact) mass is 374 g/mol. The first kappa shape index (κ1) is 19.7. The normalized spacial score (nSPS) is 21.7. The smallest absolute Gasteiger partial charge is 0.410 e. The molecule has 6 heteroatoms. The molecule has 1 amide bonds. The van der Waals surface area contributed by atoms with E-state index in [0.717, 1.165) is 37.7 Å². The third kappa shape index (κ3) is 5.01. The zero-order valence-corrected chi connectivity index (χ0v) is 16.1. The number of ether oxygens (including phenoxy) is 2. The first-order valence-corrected chi connectivity index (χ1v) is 9.90. The van der Waals surface area contributed by atoms with Crippen molar-refractivity contribution >= 4 is 12.1 Å². The summed E-state index contributed by atoms with van der Waals surface area (Å²) in [6, 6.07) is 9.73. The van der Waals surface area contributed by atoms with E-state index in [1.54, 1.807) is 0 Å². The Balaban J connectivity index is 1.56. The van der Waals surface area contributed by atoms with Gasteiger partial charge in [-0.2, -0.15) is 0 Å². The number of benzene rings is 1. The standard InChI is InChI=1S/C21H30N2O4/c1-26-19(24)14-22-21(11-6-3-7-12-21)18-10-13-23(15-18)20(25)27-16-17-8-4-2-5-9-17/h2,4-5,8-9,18,22H,3,6-7,10-16H2,1H3/t18-/m0/s1. The molecule has 1 aromatic rings. The van der Waals surface area contributed by atoms with Crippen LogP contribution in [-0.2, 0) is 20.9 Å². The Kier molecular flexibility index (Phi) is 6.72. The minimum Gasteiger partial charge on any atom is -0.468 e. The number of likely N-dealkylation sites (tertiary alicyclic amines) is 1. The number of hydrogen-bond acceptors (Lipinski definition) is 5. The van der Waals surface area contributed by atoms with Gasteiger partial charge in [0, 0.05) is 18.6 Å². The summed E-state index contributed by atoms with van der Waals surface area (Å²) in [4.78, 5) is 25.9. The van der Waals surface area contributed by atoms with Crippen LogP contribution in [0.4, 0.5) is 4.79 Å². The van der Waals surface area contributed by atoms with Gasteiger partial charge in [0.2, 0.25) is 0 Å². The van der Waals surface area contributed by atoms with Crippen molar-refractivity contribution in [3.8, 4) is 0 Å². The highest BCUT2D eigenvalue weighted by Gasteiger charge is 2.44. The van der Waals surface area contributed by atoms with Gasteiger partial charge in [0.25, 0.3) is 0 Å². The Morgan fingerprint density at radius 3 is 2.63 bits per heavy atom. The lowest BCUT2D eigenvalue weighted by atomic mass is 9.72. The fourth-order valence-electron chi connectivity index (χ4n) is 4.42. The minimum atomic E-state index is -0.250. The maximum Gasteiger partial charge on any atom is 0.410 e. The molecular formula is C21H30N2O4. The van der Waals surface area contributed by atoms with Crippen molar-refractivity contribution in [2.75, 3.05) is 26.7 Å². The summed E-state index contributed by atoms with van der Waals surface area (Å²) < 4.78 is 10.3. The van der Waals surface area contributed by atoms with Gasteiger partial charge >= 0.3 is 12.1 Å². The number of esters is 1. The summed E-state index contributed by atoms with van der Waals surface area (Å²) in [5.41, 5.74) is 0.908. The second kappa shape index (κ2) is 9.22. The first-order valence-electron chi connectivity index (χ1n) is 9.90. The summed E-state index contributed by atoms with van der Waals surface area (Å²) in [6.45, 7) is 1.92. The van der Waals surface area contributed by atoms with Crippen molar-refractivity contribution in [1.29, 1.82) is 0 Å². The van der Waals surface area contributed by atoms with Crippen LogP contribution in [0.3, 0.4) is 0 Å². The Morgan fingerprint density at radius 2 is 1.93 bits per heavy atom. The van der Waals surface area contributed by atoms with E-state index < -0.39 is 0 Å². The Bertz CT molecular complexity index is 628. The molecule has 1 atom stereocenters. The van der Waals surface area contributed by atoms with Gasteiger partial charge in [-0.05, 0) is 30.7 Å². The molecule has 1 aliphatic carbocycles. The van der Waals surface area contributed by atoms with E-state index in [9.17, 15) is 9.59 Å². The zero-order valence-electron chi connectivity index (χ0n) is 16.1. The molecule has 6 nitrogen and oxygen atoms in total. The zero-order chi connectivity index (χ0) is 19.1. The molecule has 0 bridgehead atoms. The average molecular weight is 374 g/mol. The fourth-order valence-corrected chi connectivity index (χ4v) is 4.42. The summed E-state index contributed by atoms with van der Waals surface area (Å²) in [5, 5.41) is 3.49. The second-order valence-electron chi connectivity index (χ2n) is 7.62. The predicted octanol–water partition coefficient (Wildman–Crippen LogP) is 3.11. The van der Waals surface area contributed by atoms with Gasteiger partial charge in [0.1, 0.15) is 6.61 Å². The van der Waals surface area contributed by atoms with Gasteiger partial charge in [-0.15, -0.1) is 0 Å². The van der Waals surface area contributed by atoms with Crippen LogP contribution < -0.4 is 5.32 Å². The number of carbonyl (C=O) groups excluding carboxylic acids is 2. The molecule has 1 heterocycles. The predicted molar refractivity (Wildman–Crippen MR) is 102 cm³/mol. The number of nitrogens with one attached hydrogen (secondary N) is 1. The molecule has 0 aromatic heterocycles. The van der Waals surface area contributed by atoms with Crippen LogP contribution in [0, 0.1) is 5.92 Å². The number of rotatable bonds is 6. The highest BCUT2D eigenvalue weighted by Crippen LogP contribution is 2.39. The van der Waals surface area contributed by atoms with Crippen molar-refractivity contribution in [3.05, 3.63) is 35.9 Å². The lowest BCUT2D eigenvalue weighted by Gasteiger charge is -2.43. The molecule has 2 fully saturated rings. The lowest BCUT2D eigenvalue weighted by molar-refractivity contribution is -0.140. The Morgan fingerprint density at radius 1 is 1.19 bits per heavy atom. The van der Waals surface area contributed by atoms with Crippen molar-refractivity contribution < 1.29 is 19.1 Å². The molecule has 1 saturated carbocycles. The SMILES string of the molecule is COC(=O)CNC1([C@H]2CCN(C(=O)OCc3ccccc3)C2)CCCCC1. The van der Waals surface area contributed by atoms with Crippen LogP contribution in [-0.4, -0.2) is 49.2 Å². The third-order valence-corrected chi connectivity index (χ3v) is 5.99. The molecule has 1 saturated heterocycles. The van der Waals surface area contributed by atoms with Crippen LogP contribution in [0.5, 0.6) is 0 Å². The topological polar surface area (TPSA) is 67.9 Å². The molecule has 2 aliphatic rings. The first-order chi connectivity index (χ1) is 13.1. The average Bonchev–Trinajstić information content (AvgIpc) is 3.23. The summed E-state index contributed by atoms with van der Waals surface area (Å²) in [5.74, 6) is 0.101. The van der Waals surface area contributed by atoms with Gasteiger partial charge in [0.15, 0.2) is 0 Å². The van der Waals surface area contributed by atoms with Crippen LogP contribution in [0.2, 0.25) is 0 Å². The Hall–Kier alpha value is -2.08. The van der Waals surface area contributed by atoms with Gasteiger partial charge in [-0.1, -0.05) is 49.6 Å². The van der Waals surface area contributed by atoms with E-state index in [4.69, 9.17) is 9.47 Å². The molecule has 1 aromatic carbocycles. The summed E-state index contributed by atoms with van der Waals surface area (Å²) >= 11 is 0. The number of amides is 1. The van der Waals surface area contributed by atoms with Gasteiger partial charge in [0.05, 0.1) is 13.7 Å². The molecule has 3 rings (SSSR count). The van der Waals surface area contributed by atoms with E-state index in [-0.39, 0.29) is 24.1 Å².